The molecule has 66 valence electrons. The first-order chi connectivity index (χ1) is 5.52. The Morgan fingerprint density at radius 1 is 1.17 bits per heavy atom. The second-order valence-corrected chi connectivity index (χ2v) is 3.12. The standard InChI is InChI=1S/C9H13NO2/c1-5(2)6-3-7(10)9(12)4-8(6)11/h3-5,11-12H,10H2,1-2H3. The largest absolute Gasteiger partial charge is 0.508 e. The van der Waals surface area contributed by atoms with E-state index in [0.29, 0.717) is 5.69 Å². The number of phenolic OH excluding ortho intramolecular Hbond substituents is 2. The number of benzene rings is 1. The Hall–Kier alpha value is -1.38. The summed E-state index contributed by atoms with van der Waals surface area (Å²) in [6, 6.07) is 2.86. The molecule has 0 aliphatic heterocycles. The molecule has 0 aromatic heterocycles. The summed E-state index contributed by atoms with van der Waals surface area (Å²) < 4.78 is 0. The molecule has 0 bridgehead atoms. The number of hydrogen-bond donors (Lipinski definition) is 3. The number of nitrogen functional groups attached to an aromatic ring is 1. The maximum absolute atomic E-state index is 9.37. The molecule has 0 fully saturated rings. The minimum Gasteiger partial charge on any atom is -0.508 e. The van der Waals surface area contributed by atoms with Gasteiger partial charge in [-0.05, 0) is 17.5 Å². The van der Waals surface area contributed by atoms with Gasteiger partial charge < -0.3 is 15.9 Å². The van der Waals surface area contributed by atoms with E-state index in [1.165, 1.54) is 6.07 Å². The van der Waals surface area contributed by atoms with Gasteiger partial charge in [-0.15, -0.1) is 0 Å². The Kier molecular flexibility index (Phi) is 2.13. The van der Waals surface area contributed by atoms with Crippen LogP contribution in [0.1, 0.15) is 25.3 Å². The van der Waals surface area contributed by atoms with Crippen LogP contribution in [0.4, 0.5) is 5.69 Å². The van der Waals surface area contributed by atoms with Crippen LogP contribution in [0.5, 0.6) is 11.5 Å². The molecule has 0 saturated heterocycles. The van der Waals surface area contributed by atoms with E-state index >= 15 is 0 Å². The van der Waals surface area contributed by atoms with Crippen LogP contribution >= 0.6 is 0 Å². The summed E-state index contributed by atoms with van der Waals surface area (Å²) in [7, 11) is 0. The summed E-state index contributed by atoms with van der Waals surface area (Å²) in [5.41, 5.74) is 6.52. The van der Waals surface area contributed by atoms with Gasteiger partial charge in [-0.1, -0.05) is 13.8 Å². The molecule has 0 heterocycles. The molecule has 0 unspecified atom stereocenters. The summed E-state index contributed by atoms with van der Waals surface area (Å²) in [6.07, 6.45) is 0. The highest BCUT2D eigenvalue weighted by Crippen LogP contribution is 2.33. The quantitative estimate of drug-likeness (QED) is 0.339. The fourth-order valence-corrected chi connectivity index (χ4v) is 1.07. The van der Waals surface area contributed by atoms with E-state index in [-0.39, 0.29) is 17.4 Å². The van der Waals surface area contributed by atoms with Gasteiger partial charge in [-0.3, -0.25) is 0 Å². The van der Waals surface area contributed by atoms with Gasteiger partial charge in [0.05, 0.1) is 5.69 Å². The molecule has 0 aliphatic carbocycles. The Labute approximate surface area is 71.5 Å². The SMILES string of the molecule is CC(C)c1cc(N)c(O)cc1O. The van der Waals surface area contributed by atoms with Crippen molar-refractivity contribution in [1.29, 1.82) is 0 Å². The zero-order valence-corrected chi connectivity index (χ0v) is 7.20. The average Bonchev–Trinajstić information content (AvgIpc) is 1.96. The highest BCUT2D eigenvalue weighted by molar-refractivity contribution is 5.58. The predicted octanol–water partition coefficient (Wildman–Crippen LogP) is 1.80. The molecule has 3 nitrogen and oxygen atoms in total. The highest BCUT2D eigenvalue weighted by Gasteiger charge is 2.08. The van der Waals surface area contributed by atoms with Crippen molar-refractivity contribution in [2.24, 2.45) is 0 Å². The molecule has 1 rings (SSSR count). The molecule has 0 saturated carbocycles. The molecule has 0 radical (unpaired) electrons. The van der Waals surface area contributed by atoms with Crippen LogP contribution < -0.4 is 5.73 Å². The van der Waals surface area contributed by atoms with Crippen molar-refractivity contribution in [3.63, 3.8) is 0 Å². The van der Waals surface area contributed by atoms with Crippen LogP contribution in [0.2, 0.25) is 0 Å². The molecule has 1 aromatic carbocycles. The maximum atomic E-state index is 9.37. The second kappa shape index (κ2) is 2.93. The highest BCUT2D eigenvalue weighted by atomic mass is 16.3. The number of aromatic hydroxyl groups is 2. The molecule has 4 N–H and O–H groups in total. The van der Waals surface area contributed by atoms with Crippen LogP contribution in [-0.2, 0) is 0 Å². The summed E-state index contributed by atoms with van der Waals surface area (Å²) in [5.74, 6) is 0.224. The fourth-order valence-electron chi connectivity index (χ4n) is 1.07. The molecule has 3 heteroatoms. The second-order valence-electron chi connectivity index (χ2n) is 3.12. The third-order valence-electron chi connectivity index (χ3n) is 1.80. The van der Waals surface area contributed by atoms with E-state index in [4.69, 9.17) is 10.8 Å². The smallest absolute Gasteiger partial charge is 0.142 e. The third-order valence-corrected chi connectivity index (χ3v) is 1.80. The van der Waals surface area contributed by atoms with E-state index in [1.54, 1.807) is 6.07 Å². The van der Waals surface area contributed by atoms with Gasteiger partial charge in [0, 0.05) is 6.07 Å². The normalized spacial score (nSPS) is 10.6. The van der Waals surface area contributed by atoms with Crippen molar-refractivity contribution in [3.05, 3.63) is 17.7 Å². The lowest BCUT2D eigenvalue weighted by Gasteiger charge is -2.09. The first-order valence-electron chi connectivity index (χ1n) is 3.83. The number of rotatable bonds is 1. The summed E-state index contributed by atoms with van der Waals surface area (Å²) >= 11 is 0. The molecular formula is C9H13NO2. The zero-order valence-electron chi connectivity index (χ0n) is 7.20. The van der Waals surface area contributed by atoms with Gasteiger partial charge in [0.1, 0.15) is 11.5 Å². The van der Waals surface area contributed by atoms with Crippen molar-refractivity contribution in [2.45, 2.75) is 19.8 Å². The van der Waals surface area contributed by atoms with Gasteiger partial charge in [-0.2, -0.15) is 0 Å². The Balaban J connectivity index is 3.23. The van der Waals surface area contributed by atoms with Gasteiger partial charge in [0.25, 0.3) is 0 Å². The monoisotopic (exact) mass is 167 g/mol. The van der Waals surface area contributed by atoms with E-state index in [9.17, 15) is 5.11 Å². The number of anilines is 1. The number of hydrogen-bond acceptors (Lipinski definition) is 3. The minimum absolute atomic E-state index is 0.0723. The van der Waals surface area contributed by atoms with Crippen LogP contribution in [0.3, 0.4) is 0 Å². The maximum Gasteiger partial charge on any atom is 0.142 e. The van der Waals surface area contributed by atoms with Crippen LogP contribution in [0.25, 0.3) is 0 Å². The lowest BCUT2D eigenvalue weighted by atomic mass is 10.0. The summed E-state index contributed by atoms with van der Waals surface area (Å²) in [5, 5.41) is 18.5. The molecular weight excluding hydrogens is 154 g/mol. The van der Waals surface area contributed by atoms with E-state index < -0.39 is 0 Å². The van der Waals surface area contributed by atoms with Crippen LogP contribution in [-0.4, -0.2) is 10.2 Å². The van der Waals surface area contributed by atoms with Crippen LogP contribution in [0.15, 0.2) is 12.1 Å². The van der Waals surface area contributed by atoms with Gasteiger partial charge >= 0.3 is 0 Å². The van der Waals surface area contributed by atoms with Gasteiger partial charge in [0.2, 0.25) is 0 Å². The molecule has 1 aromatic rings. The molecule has 12 heavy (non-hydrogen) atoms. The van der Waals surface area contributed by atoms with E-state index in [0.717, 1.165) is 5.56 Å². The Bertz CT molecular complexity index is 295. The molecule has 0 amide bonds. The van der Waals surface area contributed by atoms with Crippen molar-refractivity contribution < 1.29 is 10.2 Å². The average molecular weight is 167 g/mol. The Morgan fingerprint density at radius 2 is 1.75 bits per heavy atom. The topological polar surface area (TPSA) is 66.5 Å². The van der Waals surface area contributed by atoms with E-state index in [2.05, 4.69) is 0 Å². The fraction of sp³-hybridized carbons (Fsp3) is 0.333. The lowest BCUT2D eigenvalue weighted by Crippen LogP contribution is -1.92. The third kappa shape index (κ3) is 1.44. The summed E-state index contributed by atoms with van der Waals surface area (Å²) in [4.78, 5) is 0. The van der Waals surface area contributed by atoms with Crippen LogP contribution in [0, 0.1) is 0 Å². The summed E-state index contributed by atoms with van der Waals surface area (Å²) in [6.45, 7) is 3.90. The molecule has 0 aliphatic rings. The first-order valence-corrected chi connectivity index (χ1v) is 3.83. The number of nitrogens with two attached hydrogens (primary N) is 1. The Morgan fingerprint density at radius 3 is 2.25 bits per heavy atom. The van der Waals surface area contributed by atoms with Gasteiger partial charge in [0.15, 0.2) is 0 Å². The van der Waals surface area contributed by atoms with E-state index in [1.807, 2.05) is 13.8 Å². The van der Waals surface area contributed by atoms with Gasteiger partial charge in [-0.25, -0.2) is 0 Å². The molecule has 0 atom stereocenters. The number of phenols is 2. The molecule has 0 spiro atoms. The first kappa shape index (κ1) is 8.71. The van der Waals surface area contributed by atoms with Crippen molar-refractivity contribution >= 4 is 5.69 Å². The minimum atomic E-state index is -0.0723. The lowest BCUT2D eigenvalue weighted by molar-refractivity contribution is 0.445. The van der Waals surface area contributed by atoms with Crippen molar-refractivity contribution in [1.82, 2.24) is 0 Å². The predicted molar refractivity (Wildman–Crippen MR) is 48.3 cm³/mol. The van der Waals surface area contributed by atoms with Crippen molar-refractivity contribution in [2.75, 3.05) is 5.73 Å². The van der Waals surface area contributed by atoms with Crippen molar-refractivity contribution in [3.8, 4) is 11.5 Å². The zero-order chi connectivity index (χ0) is 9.30.